The zero-order valence-corrected chi connectivity index (χ0v) is 18.8. The number of ether oxygens (including phenoxy) is 2. The normalized spacial score (nSPS) is 15.1. The molecule has 2 heterocycles. The Hall–Kier alpha value is -4.07. The van der Waals surface area contributed by atoms with Crippen molar-refractivity contribution in [3.8, 4) is 11.5 Å². The number of hydrogen-bond acceptors (Lipinski definition) is 6. The lowest BCUT2D eigenvalue weighted by atomic mass is 9.93. The van der Waals surface area contributed by atoms with Crippen LogP contribution in [-0.4, -0.2) is 24.3 Å². The number of aryl methyl sites for hydroxylation is 1. The Balaban J connectivity index is 1.27. The second-order valence-corrected chi connectivity index (χ2v) is 8.33. The highest BCUT2D eigenvalue weighted by Gasteiger charge is 2.28. The number of nitrogens with zero attached hydrogens (tertiary/aromatic N) is 1. The second kappa shape index (κ2) is 9.43. The number of nitrogens with one attached hydrogen (secondary N) is 2. The summed E-state index contributed by atoms with van der Waals surface area (Å²) in [4.78, 5) is 25.2. The smallest absolute Gasteiger partial charge is 0.287 e. The predicted octanol–water partition coefficient (Wildman–Crippen LogP) is 3.65. The lowest BCUT2D eigenvalue weighted by molar-refractivity contribution is -0.120. The van der Waals surface area contributed by atoms with Crippen molar-refractivity contribution in [3.63, 3.8) is 0 Å². The molecule has 0 fully saturated rings. The molecule has 0 saturated heterocycles. The van der Waals surface area contributed by atoms with E-state index in [1.807, 2.05) is 55.5 Å². The van der Waals surface area contributed by atoms with Gasteiger partial charge in [-0.25, -0.2) is 5.43 Å². The molecule has 1 aromatic heterocycles. The Bertz CT molecular complexity index is 1260. The molecule has 1 aliphatic heterocycles. The monoisotopic (exact) mass is 459 g/mol. The van der Waals surface area contributed by atoms with Crippen LogP contribution in [0.1, 0.15) is 51.4 Å². The van der Waals surface area contributed by atoms with E-state index in [0.717, 1.165) is 46.6 Å². The summed E-state index contributed by atoms with van der Waals surface area (Å²) in [6, 6.07) is 15.1. The van der Waals surface area contributed by atoms with E-state index in [9.17, 15) is 9.59 Å². The molecule has 0 radical (unpaired) electrons. The van der Waals surface area contributed by atoms with Crippen LogP contribution in [0.5, 0.6) is 11.5 Å². The molecule has 2 N–H and O–H groups in total. The summed E-state index contributed by atoms with van der Waals surface area (Å²) in [6.07, 6.45) is 2.52. The third-order valence-corrected chi connectivity index (χ3v) is 5.95. The Labute approximate surface area is 196 Å². The molecule has 174 valence electrons. The SMILES string of the molecule is Cc1c(C(=O)NCc2ccc3c(c2)OCO3)oc2c1/C(=N/NC(=O)Cc1ccccc1)CCC2. The highest BCUT2D eigenvalue weighted by Crippen LogP contribution is 2.33. The van der Waals surface area contributed by atoms with E-state index < -0.39 is 0 Å². The summed E-state index contributed by atoms with van der Waals surface area (Å²) in [5, 5.41) is 7.29. The zero-order valence-electron chi connectivity index (χ0n) is 18.8. The molecule has 2 amide bonds. The molecule has 5 rings (SSSR count). The fraction of sp³-hybridized carbons (Fsp3) is 0.269. The van der Waals surface area contributed by atoms with Gasteiger partial charge >= 0.3 is 0 Å². The van der Waals surface area contributed by atoms with Gasteiger partial charge < -0.3 is 19.2 Å². The number of fused-ring (bicyclic) bond motifs is 2. The Morgan fingerprint density at radius 2 is 1.82 bits per heavy atom. The Morgan fingerprint density at radius 1 is 1.00 bits per heavy atom. The van der Waals surface area contributed by atoms with Gasteiger partial charge in [0.15, 0.2) is 17.3 Å². The van der Waals surface area contributed by atoms with Gasteiger partial charge in [0.1, 0.15) is 5.76 Å². The molecule has 0 spiro atoms. The average molecular weight is 460 g/mol. The van der Waals surface area contributed by atoms with Gasteiger partial charge in [-0.05, 0) is 43.0 Å². The zero-order chi connectivity index (χ0) is 23.5. The minimum absolute atomic E-state index is 0.186. The van der Waals surface area contributed by atoms with E-state index in [1.165, 1.54) is 0 Å². The summed E-state index contributed by atoms with van der Waals surface area (Å²) in [7, 11) is 0. The van der Waals surface area contributed by atoms with Crippen molar-refractivity contribution < 1.29 is 23.5 Å². The van der Waals surface area contributed by atoms with Crippen LogP contribution in [0, 0.1) is 6.92 Å². The van der Waals surface area contributed by atoms with Crippen LogP contribution in [0.4, 0.5) is 0 Å². The number of benzene rings is 2. The molecule has 0 unspecified atom stereocenters. The van der Waals surface area contributed by atoms with Crippen molar-refractivity contribution >= 4 is 17.5 Å². The molecule has 8 nitrogen and oxygen atoms in total. The number of rotatable bonds is 6. The van der Waals surface area contributed by atoms with E-state index >= 15 is 0 Å². The molecule has 2 aromatic carbocycles. The van der Waals surface area contributed by atoms with Crippen molar-refractivity contribution in [1.82, 2.24) is 10.7 Å². The first-order valence-electron chi connectivity index (χ1n) is 11.3. The maximum atomic E-state index is 12.9. The molecule has 0 bridgehead atoms. The molecule has 0 atom stereocenters. The van der Waals surface area contributed by atoms with Crippen LogP contribution in [0.25, 0.3) is 0 Å². The lowest BCUT2D eigenvalue weighted by Crippen LogP contribution is -2.24. The molecule has 8 heteroatoms. The van der Waals surface area contributed by atoms with Crippen LogP contribution < -0.4 is 20.2 Å². The number of amides is 2. The molecule has 3 aromatic rings. The van der Waals surface area contributed by atoms with E-state index in [4.69, 9.17) is 13.9 Å². The summed E-state index contributed by atoms with van der Waals surface area (Å²) in [5.74, 6) is 1.90. The molecular formula is C26H25N3O5. The van der Waals surface area contributed by atoms with Gasteiger partial charge in [0.05, 0.1) is 12.1 Å². The maximum absolute atomic E-state index is 12.9. The minimum atomic E-state index is -0.294. The lowest BCUT2D eigenvalue weighted by Gasteiger charge is -2.13. The first-order valence-corrected chi connectivity index (χ1v) is 11.3. The van der Waals surface area contributed by atoms with Gasteiger partial charge in [-0.2, -0.15) is 5.10 Å². The van der Waals surface area contributed by atoms with Gasteiger partial charge in [-0.3, -0.25) is 9.59 Å². The molecule has 2 aliphatic rings. The van der Waals surface area contributed by atoms with Crippen molar-refractivity contribution in [2.24, 2.45) is 5.10 Å². The largest absolute Gasteiger partial charge is 0.455 e. The average Bonchev–Trinajstić information content (AvgIpc) is 3.46. The van der Waals surface area contributed by atoms with Crippen LogP contribution in [0.2, 0.25) is 0 Å². The highest BCUT2D eigenvalue weighted by molar-refractivity contribution is 6.06. The van der Waals surface area contributed by atoms with Gasteiger partial charge in [-0.15, -0.1) is 0 Å². The fourth-order valence-electron chi connectivity index (χ4n) is 4.26. The Morgan fingerprint density at radius 3 is 2.68 bits per heavy atom. The molecule has 1 aliphatic carbocycles. The first kappa shape index (κ1) is 21.8. The predicted molar refractivity (Wildman–Crippen MR) is 125 cm³/mol. The maximum Gasteiger partial charge on any atom is 0.287 e. The van der Waals surface area contributed by atoms with Crippen molar-refractivity contribution in [3.05, 3.63) is 82.3 Å². The topological polar surface area (TPSA) is 102 Å². The van der Waals surface area contributed by atoms with Crippen molar-refractivity contribution in [1.29, 1.82) is 0 Å². The van der Waals surface area contributed by atoms with E-state index in [-0.39, 0.29) is 30.8 Å². The van der Waals surface area contributed by atoms with Gasteiger partial charge in [0.25, 0.3) is 5.91 Å². The number of hydrazone groups is 1. The fourth-order valence-corrected chi connectivity index (χ4v) is 4.26. The Kier molecular flexibility index (Phi) is 6.03. The highest BCUT2D eigenvalue weighted by atomic mass is 16.7. The quantitative estimate of drug-likeness (QED) is 0.548. The first-order chi connectivity index (χ1) is 16.6. The van der Waals surface area contributed by atoms with E-state index in [1.54, 1.807) is 0 Å². The molecule has 0 saturated carbocycles. The van der Waals surface area contributed by atoms with E-state index in [0.29, 0.717) is 24.5 Å². The third kappa shape index (κ3) is 4.52. The van der Waals surface area contributed by atoms with Gasteiger partial charge in [-0.1, -0.05) is 36.4 Å². The van der Waals surface area contributed by atoms with Crippen LogP contribution in [0.3, 0.4) is 0 Å². The molecular weight excluding hydrogens is 434 g/mol. The van der Waals surface area contributed by atoms with Crippen molar-refractivity contribution in [2.75, 3.05) is 6.79 Å². The number of furan rings is 1. The standard InChI is InChI=1S/C26H25N3O5/c1-16-24-19(28-29-23(30)13-17-6-3-2-4-7-17)8-5-9-21(24)34-25(16)26(31)27-14-18-10-11-20-22(12-18)33-15-32-20/h2-4,6-7,10-12H,5,8-9,13-15H2,1H3,(H,27,31)(H,29,30)/b28-19+. The van der Waals surface area contributed by atoms with Crippen LogP contribution >= 0.6 is 0 Å². The van der Waals surface area contributed by atoms with E-state index in [2.05, 4.69) is 15.8 Å². The number of carbonyl (C=O) groups is 2. The minimum Gasteiger partial charge on any atom is -0.455 e. The van der Waals surface area contributed by atoms with Gasteiger partial charge in [0.2, 0.25) is 12.7 Å². The number of hydrogen-bond donors (Lipinski definition) is 2. The second-order valence-electron chi connectivity index (χ2n) is 8.33. The van der Waals surface area contributed by atoms with Crippen LogP contribution in [0.15, 0.2) is 58.0 Å². The summed E-state index contributed by atoms with van der Waals surface area (Å²) >= 11 is 0. The molecule has 34 heavy (non-hydrogen) atoms. The van der Waals surface area contributed by atoms with Crippen LogP contribution in [-0.2, 0) is 24.2 Å². The third-order valence-electron chi connectivity index (χ3n) is 5.95. The summed E-state index contributed by atoms with van der Waals surface area (Å²) < 4.78 is 16.7. The van der Waals surface area contributed by atoms with Gasteiger partial charge in [0, 0.05) is 24.1 Å². The summed E-state index contributed by atoms with van der Waals surface area (Å²) in [5.41, 5.74) is 6.76. The van der Waals surface area contributed by atoms with Crippen molar-refractivity contribution in [2.45, 2.75) is 39.2 Å². The summed E-state index contributed by atoms with van der Waals surface area (Å²) in [6.45, 7) is 2.39. The number of carbonyl (C=O) groups excluding carboxylic acids is 2.